The van der Waals surface area contributed by atoms with Crippen LogP contribution in [0.5, 0.6) is 0 Å². The number of fused-ring (bicyclic) bond motifs is 1. The monoisotopic (exact) mass is 543 g/mol. The van der Waals surface area contributed by atoms with Crippen molar-refractivity contribution in [3.63, 3.8) is 0 Å². The molecule has 0 radical (unpaired) electrons. The zero-order chi connectivity index (χ0) is 27.3. The number of aromatic nitrogens is 6. The Kier molecular flexibility index (Phi) is 6.53. The van der Waals surface area contributed by atoms with E-state index in [1.807, 2.05) is 16.7 Å². The summed E-state index contributed by atoms with van der Waals surface area (Å²) in [5, 5.41) is 0. The number of nitrogens with zero attached hydrogens (tertiary/aromatic N) is 6. The van der Waals surface area contributed by atoms with E-state index in [0.717, 1.165) is 54.6 Å². The topological polar surface area (TPSA) is 127 Å². The van der Waals surface area contributed by atoms with Crippen molar-refractivity contribution in [3.8, 4) is 11.4 Å². The summed E-state index contributed by atoms with van der Waals surface area (Å²) in [6.07, 6.45) is 11.0. The largest absolute Gasteiger partial charge is 0.287 e. The van der Waals surface area contributed by atoms with Crippen LogP contribution in [0.3, 0.4) is 0 Å². The van der Waals surface area contributed by atoms with Crippen molar-refractivity contribution >= 4 is 20.9 Å². The van der Waals surface area contributed by atoms with Crippen LogP contribution in [-0.2, 0) is 29.0 Å². The Morgan fingerprint density at radius 1 is 1.03 bits per heavy atom. The van der Waals surface area contributed by atoms with Gasteiger partial charge in [-0.05, 0) is 75.5 Å². The molecule has 1 N–H and O–H groups in total. The zero-order valence-electron chi connectivity index (χ0n) is 22.6. The number of aryl methyl sites for hydroxylation is 3. The van der Waals surface area contributed by atoms with Crippen molar-refractivity contribution in [2.24, 2.45) is 5.92 Å². The lowest BCUT2D eigenvalue weighted by Crippen LogP contribution is -2.30. The van der Waals surface area contributed by atoms with Crippen LogP contribution in [0.4, 0.5) is 0 Å². The minimum Gasteiger partial charge on any atom is -0.287 e. The highest BCUT2D eigenvalue weighted by Gasteiger charge is 2.33. The molecule has 0 aliphatic heterocycles. The SMILES string of the molecule is CCc1ncnc(C2CC2)c1-c1ncc2nc(CCc3ccc(S(C)(=N)=O)cc3)c(=O)n([C@@H](C)C3CC3)c2n1. The van der Waals surface area contributed by atoms with Crippen LogP contribution in [0.2, 0.25) is 0 Å². The fourth-order valence-electron chi connectivity index (χ4n) is 5.30. The van der Waals surface area contributed by atoms with Crippen molar-refractivity contribution in [1.82, 2.24) is 29.5 Å². The summed E-state index contributed by atoms with van der Waals surface area (Å²) < 4.78 is 21.6. The molecule has 10 heteroatoms. The highest BCUT2D eigenvalue weighted by Crippen LogP contribution is 2.44. The highest BCUT2D eigenvalue weighted by atomic mass is 32.2. The lowest BCUT2D eigenvalue weighted by atomic mass is 10.1. The second-order valence-electron chi connectivity index (χ2n) is 10.9. The maximum Gasteiger partial charge on any atom is 0.274 e. The van der Waals surface area contributed by atoms with Gasteiger partial charge in [-0.25, -0.2) is 33.9 Å². The number of nitrogens with one attached hydrogen (secondary N) is 1. The Bertz CT molecular complexity index is 1720. The van der Waals surface area contributed by atoms with Crippen molar-refractivity contribution in [3.05, 3.63) is 69.8 Å². The summed E-state index contributed by atoms with van der Waals surface area (Å²) in [4.78, 5) is 38.0. The van der Waals surface area contributed by atoms with Crippen LogP contribution in [0.1, 0.15) is 74.1 Å². The van der Waals surface area contributed by atoms with Crippen molar-refractivity contribution in [2.45, 2.75) is 75.6 Å². The average molecular weight is 544 g/mol. The summed E-state index contributed by atoms with van der Waals surface area (Å²) in [6.45, 7) is 4.17. The summed E-state index contributed by atoms with van der Waals surface area (Å²) in [5.41, 5.74) is 5.40. The third-order valence-corrected chi connectivity index (χ3v) is 9.08. The maximum atomic E-state index is 13.9. The Hall–Kier alpha value is -3.53. The van der Waals surface area contributed by atoms with Crippen molar-refractivity contribution < 1.29 is 4.21 Å². The van der Waals surface area contributed by atoms with Gasteiger partial charge in [-0.2, -0.15) is 0 Å². The van der Waals surface area contributed by atoms with E-state index in [9.17, 15) is 9.00 Å². The molecular weight excluding hydrogens is 510 g/mol. The van der Waals surface area contributed by atoms with Gasteiger partial charge >= 0.3 is 0 Å². The minimum atomic E-state index is -2.75. The molecule has 0 amide bonds. The van der Waals surface area contributed by atoms with Crippen LogP contribution in [0.15, 0.2) is 46.5 Å². The van der Waals surface area contributed by atoms with Crippen molar-refractivity contribution in [1.29, 1.82) is 4.78 Å². The molecule has 0 bridgehead atoms. The Morgan fingerprint density at radius 3 is 2.41 bits per heavy atom. The van der Waals surface area contributed by atoms with Gasteiger partial charge in [0.1, 0.15) is 17.5 Å². The fourth-order valence-corrected chi connectivity index (χ4v) is 5.95. The van der Waals surface area contributed by atoms with Crippen LogP contribution < -0.4 is 5.56 Å². The first-order valence-electron chi connectivity index (χ1n) is 13.7. The van der Waals surface area contributed by atoms with Gasteiger partial charge in [0.2, 0.25) is 0 Å². The average Bonchev–Trinajstić information content (AvgIpc) is 3.84. The number of benzene rings is 1. The lowest BCUT2D eigenvalue weighted by Gasteiger charge is -2.19. The van der Waals surface area contributed by atoms with Crippen LogP contribution in [0, 0.1) is 10.7 Å². The predicted molar refractivity (Wildman–Crippen MR) is 150 cm³/mol. The molecule has 0 spiro atoms. The molecule has 4 aromatic rings. The summed E-state index contributed by atoms with van der Waals surface area (Å²) in [6, 6.07) is 7.22. The molecule has 2 fully saturated rings. The molecule has 39 heavy (non-hydrogen) atoms. The fraction of sp³-hybridized carbons (Fsp3) is 0.448. The molecule has 3 aromatic heterocycles. The smallest absolute Gasteiger partial charge is 0.274 e. The zero-order valence-corrected chi connectivity index (χ0v) is 23.4. The molecule has 3 heterocycles. The molecule has 9 nitrogen and oxygen atoms in total. The summed E-state index contributed by atoms with van der Waals surface area (Å²) >= 11 is 0. The van der Waals surface area contributed by atoms with E-state index in [4.69, 9.17) is 19.7 Å². The molecule has 1 unspecified atom stereocenters. The number of hydrogen-bond acceptors (Lipinski definition) is 8. The van der Waals surface area contributed by atoms with Gasteiger partial charge in [-0.15, -0.1) is 0 Å². The van der Waals surface area contributed by atoms with Gasteiger partial charge in [-0.3, -0.25) is 9.36 Å². The number of rotatable bonds is 9. The standard InChI is InChI=1S/C29H33N7O2S/c1-4-22-25(26(20-10-11-20)33-16-32-22)27-31-15-24-28(35-27)36(17(2)19-8-9-19)29(37)23(34-24)14-7-18-5-12-21(13-6-18)39(3,30)38/h5-6,12-13,15-17,19-20,30H,4,7-11,14H2,1-3H3/t17-,39?/m0/s1. The van der Waals surface area contributed by atoms with E-state index in [-0.39, 0.29) is 11.6 Å². The Balaban J connectivity index is 1.41. The minimum absolute atomic E-state index is 0.0131. The molecule has 1 aromatic carbocycles. The summed E-state index contributed by atoms with van der Waals surface area (Å²) in [7, 11) is -2.75. The second-order valence-corrected chi connectivity index (χ2v) is 13.1. The van der Waals surface area contributed by atoms with E-state index < -0.39 is 9.73 Å². The van der Waals surface area contributed by atoms with Gasteiger partial charge in [0.25, 0.3) is 5.56 Å². The molecule has 6 rings (SSSR count). The predicted octanol–water partition coefficient (Wildman–Crippen LogP) is 4.87. The van der Waals surface area contributed by atoms with E-state index >= 15 is 0 Å². The Labute approximate surface area is 228 Å². The molecule has 2 aliphatic rings. The van der Waals surface area contributed by atoms with Gasteiger partial charge in [-0.1, -0.05) is 19.1 Å². The van der Waals surface area contributed by atoms with Crippen LogP contribution >= 0.6 is 0 Å². The second kappa shape index (κ2) is 9.89. The van der Waals surface area contributed by atoms with Gasteiger partial charge in [0, 0.05) is 23.1 Å². The van der Waals surface area contributed by atoms with Gasteiger partial charge < -0.3 is 0 Å². The van der Waals surface area contributed by atoms with Gasteiger partial charge in [0.15, 0.2) is 11.5 Å². The van der Waals surface area contributed by atoms with Crippen LogP contribution in [-0.4, -0.2) is 40.0 Å². The highest BCUT2D eigenvalue weighted by molar-refractivity contribution is 7.91. The third kappa shape index (κ3) is 5.09. The molecule has 0 saturated heterocycles. The van der Waals surface area contributed by atoms with E-state index in [0.29, 0.717) is 52.3 Å². The van der Waals surface area contributed by atoms with Gasteiger partial charge in [0.05, 0.1) is 32.9 Å². The first-order chi connectivity index (χ1) is 18.7. The van der Waals surface area contributed by atoms with Crippen LogP contribution in [0.25, 0.3) is 22.6 Å². The van der Waals surface area contributed by atoms with Crippen molar-refractivity contribution in [2.75, 3.05) is 6.26 Å². The van der Waals surface area contributed by atoms with E-state index in [2.05, 4.69) is 23.8 Å². The molecule has 2 atom stereocenters. The van der Waals surface area contributed by atoms with E-state index in [1.165, 1.54) is 6.26 Å². The molecule has 2 aliphatic carbocycles. The third-order valence-electron chi connectivity index (χ3n) is 7.91. The molecular formula is C29H33N7O2S. The summed E-state index contributed by atoms with van der Waals surface area (Å²) in [5.74, 6) is 1.43. The van der Waals surface area contributed by atoms with E-state index in [1.54, 1.807) is 24.7 Å². The maximum absolute atomic E-state index is 13.9. The first kappa shape index (κ1) is 25.7. The number of hydrogen-bond donors (Lipinski definition) is 1. The Morgan fingerprint density at radius 2 is 1.77 bits per heavy atom. The quantitative estimate of drug-likeness (QED) is 0.319. The first-order valence-corrected chi connectivity index (χ1v) is 15.7. The molecule has 2 saturated carbocycles. The normalized spacial score (nSPS) is 17.7. The molecule has 202 valence electrons. The lowest BCUT2D eigenvalue weighted by molar-refractivity contribution is 0.478.